The average molecular weight is 462 g/mol. The first kappa shape index (κ1) is 22.6. The van der Waals surface area contributed by atoms with Gasteiger partial charge in [0.15, 0.2) is 5.84 Å². The number of rotatable bonds is 6. The van der Waals surface area contributed by atoms with E-state index >= 15 is 0 Å². The molecule has 0 fully saturated rings. The lowest BCUT2D eigenvalue weighted by atomic mass is 9.95. The Labute approximate surface area is 187 Å². The fourth-order valence-corrected chi connectivity index (χ4v) is 3.84. The van der Waals surface area contributed by atoms with Crippen LogP contribution in [0.4, 0.5) is 14.5 Å². The van der Waals surface area contributed by atoms with Crippen LogP contribution in [-0.2, 0) is 0 Å². The Bertz CT molecular complexity index is 1160. The van der Waals surface area contributed by atoms with E-state index in [0.717, 1.165) is 18.0 Å². The monoisotopic (exact) mass is 461 g/mol. The van der Waals surface area contributed by atoms with Crippen LogP contribution in [0.15, 0.2) is 62.1 Å². The highest BCUT2D eigenvalue weighted by molar-refractivity contribution is 8.00. The van der Waals surface area contributed by atoms with Crippen molar-refractivity contribution in [1.29, 1.82) is 0 Å². The minimum absolute atomic E-state index is 0.0689. The molecule has 1 aromatic heterocycles. The second-order valence-corrected chi connectivity index (χ2v) is 7.53. The minimum Gasteiger partial charge on any atom is -0.480 e. The molecule has 3 rings (SSSR count). The van der Waals surface area contributed by atoms with Gasteiger partial charge in [0.2, 0.25) is 5.88 Å². The van der Waals surface area contributed by atoms with E-state index in [2.05, 4.69) is 31.4 Å². The molecule has 0 saturated carbocycles. The normalized spacial score (nSPS) is 16.2. The number of ether oxygens (including phenoxy) is 1. The molecular formula is C21H18ClF2N5OS. The van der Waals surface area contributed by atoms with Crippen LogP contribution >= 0.6 is 23.5 Å². The summed E-state index contributed by atoms with van der Waals surface area (Å²) < 4.78 is 37.3. The maximum atomic E-state index is 14.7. The van der Waals surface area contributed by atoms with Gasteiger partial charge in [-0.3, -0.25) is 9.98 Å². The molecule has 160 valence electrons. The maximum Gasteiger partial charge on any atom is 0.228 e. The highest BCUT2D eigenvalue weighted by Crippen LogP contribution is 2.34. The van der Waals surface area contributed by atoms with Crippen molar-refractivity contribution in [3.05, 3.63) is 64.5 Å². The minimum atomic E-state index is -0.756. The topological polar surface area (TPSA) is 71.2 Å². The predicted octanol–water partition coefficient (Wildman–Crippen LogP) is 5.61. The van der Waals surface area contributed by atoms with Crippen molar-refractivity contribution >= 4 is 53.1 Å². The molecule has 0 amide bonds. The first-order valence-corrected chi connectivity index (χ1v) is 10.1. The summed E-state index contributed by atoms with van der Waals surface area (Å²) in [6.45, 7) is 5.16. The fraction of sp³-hybridized carbons (Fsp3) is 0.143. The molecule has 0 radical (unpaired) electrons. The van der Waals surface area contributed by atoms with Gasteiger partial charge in [-0.05, 0) is 43.8 Å². The Hall–Kier alpha value is -3.04. The lowest BCUT2D eigenvalue weighted by Crippen LogP contribution is -2.12. The van der Waals surface area contributed by atoms with Crippen molar-refractivity contribution < 1.29 is 13.5 Å². The van der Waals surface area contributed by atoms with Crippen LogP contribution < -0.4 is 9.46 Å². The van der Waals surface area contributed by atoms with Gasteiger partial charge in [-0.15, -0.1) is 0 Å². The summed E-state index contributed by atoms with van der Waals surface area (Å²) >= 11 is 7.02. The molecule has 6 nitrogen and oxygen atoms in total. The van der Waals surface area contributed by atoms with E-state index in [1.807, 2.05) is 0 Å². The first-order chi connectivity index (χ1) is 14.9. The number of anilines is 1. The smallest absolute Gasteiger partial charge is 0.228 e. The van der Waals surface area contributed by atoms with E-state index in [0.29, 0.717) is 38.5 Å². The van der Waals surface area contributed by atoms with E-state index < -0.39 is 11.6 Å². The van der Waals surface area contributed by atoms with Crippen molar-refractivity contribution in [3.63, 3.8) is 0 Å². The summed E-state index contributed by atoms with van der Waals surface area (Å²) in [6.07, 6.45) is 4.61. The molecule has 2 aromatic rings. The second-order valence-electron chi connectivity index (χ2n) is 6.25. The van der Waals surface area contributed by atoms with E-state index in [9.17, 15) is 8.78 Å². The van der Waals surface area contributed by atoms with Gasteiger partial charge in [0.1, 0.15) is 11.6 Å². The number of halogens is 3. The average Bonchev–Trinajstić information content (AvgIpc) is 2.74. The van der Waals surface area contributed by atoms with Crippen LogP contribution in [-0.4, -0.2) is 37.4 Å². The number of nitrogens with zero attached hydrogens (tertiary/aromatic N) is 4. The van der Waals surface area contributed by atoms with Crippen LogP contribution in [0.3, 0.4) is 0 Å². The Morgan fingerprint density at radius 2 is 2.03 bits per heavy atom. The molecule has 1 aliphatic heterocycles. The zero-order valence-corrected chi connectivity index (χ0v) is 18.5. The zero-order chi connectivity index (χ0) is 22.5. The lowest BCUT2D eigenvalue weighted by Gasteiger charge is -2.17. The molecule has 0 spiro atoms. The number of hydrogen-bond acceptors (Lipinski definition) is 6. The molecule has 2 heterocycles. The highest BCUT2D eigenvalue weighted by Gasteiger charge is 2.21. The number of hydrogen-bond donors (Lipinski definition) is 1. The Kier molecular flexibility index (Phi) is 7.19. The van der Waals surface area contributed by atoms with Crippen molar-refractivity contribution in [3.8, 4) is 5.88 Å². The third-order valence-corrected chi connectivity index (χ3v) is 5.30. The summed E-state index contributed by atoms with van der Waals surface area (Å²) in [5.41, 5.74) is 1.83. The summed E-state index contributed by atoms with van der Waals surface area (Å²) in [5.74, 6) is -0.710. The number of dihydropyridines is 1. The van der Waals surface area contributed by atoms with Gasteiger partial charge in [0, 0.05) is 47.9 Å². The largest absolute Gasteiger partial charge is 0.480 e. The quantitative estimate of drug-likeness (QED) is 0.448. The van der Waals surface area contributed by atoms with Crippen LogP contribution in [0.25, 0.3) is 5.57 Å². The zero-order valence-electron chi connectivity index (χ0n) is 16.9. The lowest BCUT2D eigenvalue weighted by molar-refractivity contribution is 0.387. The molecule has 10 heteroatoms. The molecule has 1 aromatic carbocycles. The van der Waals surface area contributed by atoms with Gasteiger partial charge in [0.25, 0.3) is 0 Å². The SMILES string of the molecule is C=N/C=C1/C=C(c2cc(NSc3cc(Cl)cnc3OC)c(F)cc2F)C(C)=NC1=NC. The number of aromatic nitrogens is 1. The molecule has 1 aliphatic rings. The number of amidine groups is 1. The Balaban J connectivity index is 1.99. The number of benzene rings is 1. The van der Waals surface area contributed by atoms with Crippen LogP contribution in [0, 0.1) is 11.6 Å². The van der Waals surface area contributed by atoms with Gasteiger partial charge < -0.3 is 9.46 Å². The molecule has 0 bridgehead atoms. The maximum absolute atomic E-state index is 14.7. The van der Waals surface area contributed by atoms with E-state index in [-0.39, 0.29) is 11.3 Å². The number of aliphatic imine (C=N–C) groups is 3. The van der Waals surface area contributed by atoms with Crippen molar-refractivity contribution in [1.82, 2.24) is 4.98 Å². The van der Waals surface area contributed by atoms with Crippen molar-refractivity contribution in [2.45, 2.75) is 11.8 Å². The number of nitrogens with one attached hydrogen (secondary N) is 1. The molecule has 31 heavy (non-hydrogen) atoms. The molecule has 1 N–H and O–H groups in total. The second kappa shape index (κ2) is 9.84. The Morgan fingerprint density at radius 1 is 1.26 bits per heavy atom. The van der Waals surface area contributed by atoms with Gasteiger partial charge in [0.05, 0.1) is 22.7 Å². The van der Waals surface area contributed by atoms with Crippen LogP contribution in [0.2, 0.25) is 5.02 Å². The Morgan fingerprint density at radius 3 is 2.71 bits per heavy atom. The van der Waals surface area contributed by atoms with Crippen molar-refractivity contribution in [2.24, 2.45) is 15.0 Å². The van der Waals surface area contributed by atoms with Crippen molar-refractivity contribution in [2.75, 3.05) is 18.9 Å². The van der Waals surface area contributed by atoms with E-state index in [1.54, 1.807) is 26.1 Å². The standard InChI is InChI=1S/C21H18ClF2N5OS/c1-11-14(5-12(9-25-2)20(26-3)28-11)15-7-18(17(24)8-16(15)23)29-31-19-6-13(22)10-27-21(19)30-4/h5-10,29H,2H2,1,3-4H3/b12-9-,26-20?. The molecule has 0 unspecified atom stereocenters. The first-order valence-electron chi connectivity index (χ1n) is 8.90. The van der Waals surface area contributed by atoms with E-state index in [4.69, 9.17) is 16.3 Å². The third kappa shape index (κ3) is 5.00. The third-order valence-electron chi connectivity index (χ3n) is 4.26. The summed E-state index contributed by atoms with van der Waals surface area (Å²) in [4.78, 5) is 16.8. The van der Waals surface area contributed by atoms with Crippen LogP contribution in [0.5, 0.6) is 5.88 Å². The summed E-state index contributed by atoms with van der Waals surface area (Å²) in [7, 11) is 3.06. The highest BCUT2D eigenvalue weighted by atomic mass is 35.5. The van der Waals surface area contributed by atoms with E-state index in [1.165, 1.54) is 25.6 Å². The van der Waals surface area contributed by atoms with Gasteiger partial charge in [-0.2, -0.15) is 0 Å². The van der Waals surface area contributed by atoms with Gasteiger partial charge in [-0.25, -0.2) is 18.8 Å². The number of pyridine rings is 1. The summed E-state index contributed by atoms with van der Waals surface area (Å²) in [5, 5.41) is 0.396. The predicted molar refractivity (Wildman–Crippen MR) is 124 cm³/mol. The van der Waals surface area contributed by atoms with Gasteiger partial charge in [-0.1, -0.05) is 11.6 Å². The molecule has 0 saturated heterocycles. The van der Waals surface area contributed by atoms with Crippen LogP contribution in [0.1, 0.15) is 12.5 Å². The summed E-state index contributed by atoms with van der Waals surface area (Å²) in [6, 6.07) is 3.82. The number of methoxy groups -OCH3 is 1. The molecule has 0 aliphatic carbocycles. The fourth-order valence-electron chi connectivity index (χ4n) is 2.83. The molecule has 0 atom stereocenters. The molecular weight excluding hydrogens is 444 g/mol. The van der Waals surface area contributed by atoms with Gasteiger partial charge >= 0.3 is 0 Å². The number of allylic oxidation sites excluding steroid dienone is 1.